The van der Waals surface area contributed by atoms with Gasteiger partial charge in [-0.05, 0) is 24.1 Å². The molecule has 0 aliphatic heterocycles. The van der Waals surface area contributed by atoms with E-state index in [0.717, 1.165) is 6.42 Å². The predicted octanol–water partition coefficient (Wildman–Crippen LogP) is 4.33. The van der Waals surface area contributed by atoms with Gasteiger partial charge in [-0.25, -0.2) is 0 Å². The van der Waals surface area contributed by atoms with Crippen molar-refractivity contribution in [3.05, 3.63) is 17.7 Å². The molecule has 0 aliphatic rings. The first-order valence-corrected chi connectivity index (χ1v) is 6.55. The van der Waals surface area contributed by atoms with Crippen molar-refractivity contribution in [1.82, 2.24) is 0 Å². The molecule has 0 atom stereocenters. The van der Waals surface area contributed by atoms with Crippen LogP contribution in [0.4, 0.5) is 0 Å². The number of aryl methyl sites for hydroxylation is 1. The van der Waals surface area contributed by atoms with Gasteiger partial charge in [0.15, 0.2) is 11.5 Å². The van der Waals surface area contributed by atoms with E-state index in [1.54, 1.807) is 21.3 Å². The van der Waals surface area contributed by atoms with E-state index in [9.17, 15) is 0 Å². The molecule has 1 rings (SSSR count). The molecule has 0 N–H and O–H groups in total. The van der Waals surface area contributed by atoms with E-state index in [0.29, 0.717) is 17.2 Å². The first-order valence-electron chi connectivity index (χ1n) is 6.55. The molecule has 0 fully saturated rings. The van der Waals surface area contributed by atoms with E-state index in [-0.39, 0.29) is 0 Å². The summed E-state index contributed by atoms with van der Waals surface area (Å²) in [5, 5.41) is 0. The Morgan fingerprint density at radius 3 is 1.39 bits per heavy atom. The minimum atomic E-state index is 0.646. The number of hydrogen-bond acceptors (Lipinski definition) is 3. The monoisotopic (exact) mass is 256 g/mol. The lowest BCUT2D eigenvalue weighted by Gasteiger charge is -2.13. The van der Waals surface area contributed by atoms with E-state index in [1.165, 1.54) is 5.56 Å². The molecule has 1 aromatic rings. The van der Waals surface area contributed by atoms with Crippen molar-refractivity contribution in [3.8, 4) is 17.2 Å². The number of methoxy groups -OCH3 is 3. The highest BCUT2D eigenvalue weighted by atomic mass is 16.5. The molecule has 0 spiro atoms. The third-order valence-electron chi connectivity index (χ3n) is 2.13. The molecule has 0 radical (unpaired) electrons. The first kappa shape index (κ1) is 19.0. The highest BCUT2D eigenvalue weighted by molar-refractivity contribution is 5.53. The van der Waals surface area contributed by atoms with Crippen molar-refractivity contribution in [2.24, 2.45) is 0 Å². The summed E-state index contributed by atoms with van der Waals surface area (Å²) in [6.07, 6.45) is 0.941. The first-order chi connectivity index (χ1) is 8.76. The molecule has 0 saturated carbocycles. The van der Waals surface area contributed by atoms with Crippen LogP contribution in [0.3, 0.4) is 0 Å². The van der Waals surface area contributed by atoms with Crippen LogP contribution in [-0.2, 0) is 6.42 Å². The summed E-state index contributed by atoms with van der Waals surface area (Å²) in [6, 6.07) is 3.92. The quantitative estimate of drug-likeness (QED) is 0.802. The van der Waals surface area contributed by atoms with Crippen LogP contribution in [0.2, 0.25) is 0 Å². The van der Waals surface area contributed by atoms with E-state index >= 15 is 0 Å². The molecule has 0 heterocycles. The Labute approximate surface area is 112 Å². The van der Waals surface area contributed by atoms with Gasteiger partial charge in [0, 0.05) is 0 Å². The van der Waals surface area contributed by atoms with Gasteiger partial charge in [0.25, 0.3) is 0 Å². The van der Waals surface area contributed by atoms with Crippen LogP contribution in [0.25, 0.3) is 0 Å². The third-order valence-corrected chi connectivity index (χ3v) is 2.13. The second kappa shape index (κ2) is 12.1. The van der Waals surface area contributed by atoms with Crippen molar-refractivity contribution in [3.63, 3.8) is 0 Å². The average Bonchev–Trinajstić information content (AvgIpc) is 2.49. The van der Waals surface area contributed by atoms with E-state index in [1.807, 2.05) is 39.8 Å². The van der Waals surface area contributed by atoms with Crippen LogP contribution in [0, 0.1) is 0 Å². The van der Waals surface area contributed by atoms with Crippen LogP contribution < -0.4 is 14.2 Å². The standard InChI is InChI=1S/C11H16O3.2C2H6/c1-5-8-6-9(12-2)11(14-4)10(7-8)13-3;2*1-2/h6-7H,5H2,1-4H3;2*1-2H3. The van der Waals surface area contributed by atoms with Crippen LogP contribution in [0.5, 0.6) is 17.2 Å². The minimum Gasteiger partial charge on any atom is -0.493 e. The number of ether oxygens (including phenoxy) is 3. The largest absolute Gasteiger partial charge is 0.493 e. The van der Waals surface area contributed by atoms with Crippen molar-refractivity contribution >= 4 is 0 Å². The normalized spacial score (nSPS) is 8.22. The number of benzene rings is 1. The smallest absolute Gasteiger partial charge is 0.203 e. The van der Waals surface area contributed by atoms with E-state index < -0.39 is 0 Å². The van der Waals surface area contributed by atoms with Crippen molar-refractivity contribution in [1.29, 1.82) is 0 Å². The van der Waals surface area contributed by atoms with Crippen LogP contribution in [-0.4, -0.2) is 21.3 Å². The zero-order valence-corrected chi connectivity index (χ0v) is 13.1. The summed E-state index contributed by atoms with van der Waals surface area (Å²) in [5.41, 5.74) is 1.17. The highest BCUT2D eigenvalue weighted by Crippen LogP contribution is 2.38. The third kappa shape index (κ3) is 5.30. The van der Waals surface area contributed by atoms with E-state index in [4.69, 9.17) is 14.2 Å². The predicted molar refractivity (Wildman–Crippen MR) is 78.2 cm³/mol. The van der Waals surface area contributed by atoms with Gasteiger partial charge in [-0.15, -0.1) is 0 Å². The van der Waals surface area contributed by atoms with Crippen molar-refractivity contribution in [2.45, 2.75) is 41.0 Å². The maximum absolute atomic E-state index is 5.22. The summed E-state index contributed by atoms with van der Waals surface area (Å²) in [7, 11) is 4.85. The minimum absolute atomic E-state index is 0.646. The molecule has 0 amide bonds. The Hall–Kier alpha value is -1.38. The Kier molecular flexibility index (Phi) is 12.7. The molecule has 0 unspecified atom stereocenters. The summed E-state index contributed by atoms with van der Waals surface area (Å²) in [5.74, 6) is 2.07. The van der Waals surface area contributed by atoms with Gasteiger partial charge >= 0.3 is 0 Å². The van der Waals surface area contributed by atoms with E-state index in [2.05, 4.69) is 6.92 Å². The van der Waals surface area contributed by atoms with Crippen molar-refractivity contribution < 1.29 is 14.2 Å². The maximum Gasteiger partial charge on any atom is 0.203 e. The Morgan fingerprint density at radius 1 is 0.778 bits per heavy atom. The van der Waals surface area contributed by atoms with Gasteiger partial charge < -0.3 is 14.2 Å². The second-order valence-corrected chi connectivity index (χ2v) is 2.89. The molecule has 106 valence electrons. The molecule has 18 heavy (non-hydrogen) atoms. The molecule has 3 heteroatoms. The SMILES string of the molecule is CC.CC.CCc1cc(OC)c(OC)c(OC)c1. The van der Waals surface area contributed by atoms with Gasteiger partial charge in [-0.1, -0.05) is 34.6 Å². The summed E-state index contributed by atoms with van der Waals surface area (Å²) >= 11 is 0. The molecule has 0 aliphatic carbocycles. The van der Waals surface area contributed by atoms with Gasteiger partial charge in [0.05, 0.1) is 21.3 Å². The lowest BCUT2D eigenvalue weighted by molar-refractivity contribution is 0.324. The number of rotatable bonds is 4. The fourth-order valence-electron chi connectivity index (χ4n) is 1.34. The molecule has 0 saturated heterocycles. The summed E-state index contributed by atoms with van der Waals surface area (Å²) in [6.45, 7) is 10.1. The van der Waals surface area contributed by atoms with Gasteiger partial charge in [-0.3, -0.25) is 0 Å². The van der Waals surface area contributed by atoms with Crippen molar-refractivity contribution in [2.75, 3.05) is 21.3 Å². The Bertz CT molecular complexity index is 284. The van der Waals surface area contributed by atoms with Crippen LogP contribution in [0.15, 0.2) is 12.1 Å². The van der Waals surface area contributed by atoms with Crippen LogP contribution in [0.1, 0.15) is 40.2 Å². The molecule has 0 bridgehead atoms. The van der Waals surface area contributed by atoms with Gasteiger partial charge in [-0.2, -0.15) is 0 Å². The Morgan fingerprint density at radius 2 is 1.17 bits per heavy atom. The van der Waals surface area contributed by atoms with Crippen LogP contribution >= 0.6 is 0 Å². The van der Waals surface area contributed by atoms with Gasteiger partial charge in [0.1, 0.15) is 0 Å². The topological polar surface area (TPSA) is 27.7 Å². The second-order valence-electron chi connectivity index (χ2n) is 2.89. The lowest BCUT2D eigenvalue weighted by Crippen LogP contribution is -1.96. The molecular weight excluding hydrogens is 228 g/mol. The summed E-state index contributed by atoms with van der Waals surface area (Å²) < 4.78 is 15.6. The zero-order valence-electron chi connectivity index (χ0n) is 13.1. The Balaban J connectivity index is 0. The molecule has 3 nitrogen and oxygen atoms in total. The molecule has 1 aromatic carbocycles. The zero-order chi connectivity index (χ0) is 14.6. The van der Waals surface area contributed by atoms with Gasteiger partial charge in [0.2, 0.25) is 5.75 Å². The molecular formula is C15H28O3. The lowest BCUT2D eigenvalue weighted by atomic mass is 10.1. The average molecular weight is 256 g/mol. The fraction of sp³-hybridized carbons (Fsp3) is 0.600. The number of hydrogen-bond donors (Lipinski definition) is 0. The maximum atomic E-state index is 5.22. The summed E-state index contributed by atoms with van der Waals surface area (Å²) in [4.78, 5) is 0. The fourth-order valence-corrected chi connectivity index (χ4v) is 1.34. The highest BCUT2D eigenvalue weighted by Gasteiger charge is 2.11. The molecule has 0 aromatic heterocycles.